The van der Waals surface area contributed by atoms with Gasteiger partial charge in [0.25, 0.3) is 0 Å². The number of Topliss-reactive ketones (excluding diaryl/α,β-unsaturated/α-hetero) is 1. The highest BCUT2D eigenvalue weighted by Crippen LogP contribution is 2.23. The van der Waals surface area contributed by atoms with E-state index in [4.69, 9.17) is 10.5 Å². The topological polar surface area (TPSA) is 81.4 Å². The third kappa shape index (κ3) is 1.42. The summed E-state index contributed by atoms with van der Waals surface area (Å²) in [6, 6.07) is 0. The van der Waals surface area contributed by atoms with E-state index in [0.717, 1.165) is 0 Å². The Morgan fingerprint density at radius 2 is 2.43 bits per heavy atom. The molecule has 1 atom stereocenters. The second-order valence-corrected chi connectivity index (χ2v) is 3.13. The summed E-state index contributed by atoms with van der Waals surface area (Å²) < 4.78 is 5.26. The van der Waals surface area contributed by atoms with Gasteiger partial charge in [0, 0.05) is 0 Å². The molecular formula is C9H10N2O3. The number of hydrogen-bond acceptors (Lipinski definition) is 5. The van der Waals surface area contributed by atoms with Crippen LogP contribution in [0.1, 0.15) is 6.42 Å². The number of carbonyl (C=O) groups is 2. The molecule has 5 nitrogen and oxygen atoms in total. The van der Waals surface area contributed by atoms with Crippen molar-refractivity contribution in [1.29, 1.82) is 0 Å². The predicted octanol–water partition coefficient (Wildman–Crippen LogP) is -0.799. The molecule has 0 aromatic heterocycles. The molecule has 1 heterocycles. The zero-order valence-electron chi connectivity index (χ0n) is 7.45. The molecular weight excluding hydrogens is 184 g/mol. The second kappa shape index (κ2) is 3.26. The molecule has 3 N–H and O–H groups in total. The first-order valence-corrected chi connectivity index (χ1v) is 4.31. The van der Waals surface area contributed by atoms with Gasteiger partial charge in [-0.05, 0) is 12.2 Å². The SMILES string of the molecule is NCC(=O)C1NC2=C(CC(=O)C=C2)O1. The fraction of sp³-hybridized carbons (Fsp3) is 0.333. The van der Waals surface area contributed by atoms with Gasteiger partial charge in [-0.25, -0.2) is 0 Å². The molecule has 0 fully saturated rings. The van der Waals surface area contributed by atoms with Crippen molar-refractivity contribution in [3.05, 3.63) is 23.6 Å². The molecule has 0 aromatic carbocycles. The maximum absolute atomic E-state index is 11.2. The molecule has 0 saturated carbocycles. The quantitative estimate of drug-likeness (QED) is 0.601. The predicted molar refractivity (Wildman–Crippen MR) is 47.9 cm³/mol. The van der Waals surface area contributed by atoms with Gasteiger partial charge in [-0.15, -0.1) is 0 Å². The zero-order valence-corrected chi connectivity index (χ0v) is 7.45. The van der Waals surface area contributed by atoms with Crippen LogP contribution in [0.2, 0.25) is 0 Å². The number of nitrogens with one attached hydrogen (secondary N) is 1. The first-order chi connectivity index (χ1) is 6.70. The van der Waals surface area contributed by atoms with Gasteiger partial charge in [-0.1, -0.05) is 0 Å². The van der Waals surface area contributed by atoms with Crippen molar-refractivity contribution >= 4 is 11.6 Å². The number of hydrogen-bond donors (Lipinski definition) is 2. The molecule has 0 radical (unpaired) electrons. The van der Waals surface area contributed by atoms with E-state index in [-0.39, 0.29) is 24.5 Å². The molecule has 1 unspecified atom stereocenters. The van der Waals surface area contributed by atoms with Gasteiger partial charge in [0.15, 0.2) is 5.78 Å². The molecule has 5 heteroatoms. The maximum atomic E-state index is 11.2. The molecule has 0 spiro atoms. The van der Waals surface area contributed by atoms with Crippen LogP contribution in [-0.2, 0) is 14.3 Å². The van der Waals surface area contributed by atoms with Crippen LogP contribution in [0.25, 0.3) is 0 Å². The first-order valence-electron chi connectivity index (χ1n) is 4.31. The Kier molecular flexibility index (Phi) is 2.09. The largest absolute Gasteiger partial charge is 0.465 e. The van der Waals surface area contributed by atoms with E-state index >= 15 is 0 Å². The molecule has 0 aromatic rings. The van der Waals surface area contributed by atoms with E-state index < -0.39 is 6.23 Å². The fourth-order valence-electron chi connectivity index (χ4n) is 1.38. The van der Waals surface area contributed by atoms with Crippen LogP contribution in [-0.4, -0.2) is 24.3 Å². The summed E-state index contributed by atoms with van der Waals surface area (Å²) in [5.41, 5.74) is 5.90. The molecule has 0 saturated heterocycles. The zero-order chi connectivity index (χ0) is 10.1. The molecule has 2 aliphatic rings. The number of rotatable bonds is 2. The highest BCUT2D eigenvalue weighted by atomic mass is 16.5. The van der Waals surface area contributed by atoms with E-state index in [9.17, 15) is 9.59 Å². The summed E-state index contributed by atoms with van der Waals surface area (Å²) in [5.74, 6) is 0.288. The van der Waals surface area contributed by atoms with Crippen LogP contribution < -0.4 is 11.1 Å². The minimum atomic E-state index is -0.722. The Bertz CT molecular complexity index is 357. The summed E-state index contributed by atoms with van der Waals surface area (Å²) in [7, 11) is 0. The molecule has 1 aliphatic carbocycles. The first kappa shape index (κ1) is 8.96. The minimum Gasteiger partial charge on any atom is -0.465 e. The monoisotopic (exact) mass is 194 g/mol. The highest BCUT2D eigenvalue weighted by Gasteiger charge is 2.30. The summed E-state index contributed by atoms with van der Waals surface area (Å²) in [4.78, 5) is 22.2. The normalized spacial score (nSPS) is 24.4. The molecule has 74 valence electrons. The van der Waals surface area contributed by atoms with E-state index in [1.807, 2.05) is 0 Å². The Balaban J connectivity index is 2.09. The number of nitrogens with two attached hydrogens (primary N) is 1. The van der Waals surface area contributed by atoms with E-state index in [0.29, 0.717) is 11.5 Å². The Labute approximate surface area is 80.6 Å². The maximum Gasteiger partial charge on any atom is 0.230 e. The smallest absolute Gasteiger partial charge is 0.230 e. The van der Waals surface area contributed by atoms with E-state index in [2.05, 4.69) is 5.32 Å². The van der Waals surface area contributed by atoms with Gasteiger partial charge in [0.1, 0.15) is 5.76 Å². The fourth-order valence-corrected chi connectivity index (χ4v) is 1.38. The van der Waals surface area contributed by atoms with Crippen LogP contribution in [0.15, 0.2) is 23.6 Å². The molecule has 1 aliphatic heterocycles. The number of carbonyl (C=O) groups excluding carboxylic acids is 2. The van der Waals surface area contributed by atoms with Crippen molar-refractivity contribution in [2.75, 3.05) is 6.54 Å². The van der Waals surface area contributed by atoms with Crippen LogP contribution in [0, 0.1) is 0 Å². The summed E-state index contributed by atoms with van der Waals surface area (Å²) in [6.45, 7) is -0.0735. The number of ether oxygens (including phenoxy) is 1. The summed E-state index contributed by atoms with van der Waals surface area (Å²) in [6.07, 6.45) is 2.57. The van der Waals surface area contributed by atoms with Crippen LogP contribution in [0.4, 0.5) is 0 Å². The van der Waals surface area contributed by atoms with E-state index in [1.165, 1.54) is 6.08 Å². The molecule has 0 bridgehead atoms. The lowest BCUT2D eigenvalue weighted by atomic mass is 10.1. The lowest BCUT2D eigenvalue weighted by molar-refractivity contribution is -0.127. The average Bonchev–Trinajstić information content (AvgIpc) is 2.59. The van der Waals surface area contributed by atoms with Crippen molar-refractivity contribution in [3.63, 3.8) is 0 Å². The average molecular weight is 194 g/mol. The van der Waals surface area contributed by atoms with Crippen LogP contribution >= 0.6 is 0 Å². The summed E-state index contributed by atoms with van der Waals surface area (Å²) >= 11 is 0. The van der Waals surface area contributed by atoms with Crippen molar-refractivity contribution in [2.45, 2.75) is 12.6 Å². The van der Waals surface area contributed by atoms with Gasteiger partial charge in [0.2, 0.25) is 12.0 Å². The van der Waals surface area contributed by atoms with E-state index in [1.54, 1.807) is 6.08 Å². The Hall–Kier alpha value is -1.62. The highest BCUT2D eigenvalue weighted by molar-refractivity contribution is 5.94. The third-order valence-electron chi connectivity index (χ3n) is 2.11. The van der Waals surface area contributed by atoms with Gasteiger partial charge < -0.3 is 15.8 Å². The van der Waals surface area contributed by atoms with Gasteiger partial charge in [0.05, 0.1) is 18.7 Å². The Morgan fingerprint density at radius 3 is 3.14 bits per heavy atom. The summed E-state index contributed by atoms with van der Waals surface area (Å²) in [5, 5.41) is 2.85. The van der Waals surface area contributed by atoms with Crippen molar-refractivity contribution in [1.82, 2.24) is 5.32 Å². The van der Waals surface area contributed by atoms with Gasteiger partial charge >= 0.3 is 0 Å². The Morgan fingerprint density at radius 1 is 1.64 bits per heavy atom. The molecule has 14 heavy (non-hydrogen) atoms. The van der Waals surface area contributed by atoms with Crippen molar-refractivity contribution in [2.24, 2.45) is 5.73 Å². The van der Waals surface area contributed by atoms with Crippen molar-refractivity contribution < 1.29 is 14.3 Å². The molecule has 2 rings (SSSR count). The standard InChI is InChI=1S/C9H10N2O3/c10-4-7(13)9-11-6-2-1-5(12)3-8(6)14-9/h1-2,9,11H,3-4,10H2. The van der Waals surface area contributed by atoms with Crippen LogP contribution in [0.3, 0.4) is 0 Å². The molecule has 0 amide bonds. The lowest BCUT2D eigenvalue weighted by Crippen LogP contribution is -2.37. The lowest BCUT2D eigenvalue weighted by Gasteiger charge is -2.09. The number of ketones is 2. The van der Waals surface area contributed by atoms with Crippen molar-refractivity contribution in [3.8, 4) is 0 Å². The van der Waals surface area contributed by atoms with Gasteiger partial charge in [-0.3, -0.25) is 9.59 Å². The van der Waals surface area contributed by atoms with Crippen LogP contribution in [0.5, 0.6) is 0 Å². The third-order valence-corrected chi connectivity index (χ3v) is 2.11. The van der Waals surface area contributed by atoms with Gasteiger partial charge in [-0.2, -0.15) is 0 Å². The number of allylic oxidation sites excluding steroid dienone is 3. The minimum absolute atomic E-state index is 0.0219. The second-order valence-electron chi connectivity index (χ2n) is 3.13.